The van der Waals surface area contributed by atoms with Gasteiger partial charge >= 0.3 is 0 Å². The molecule has 1 aromatic heterocycles. The number of hydrogen-bond donors (Lipinski definition) is 1. The zero-order valence-corrected chi connectivity index (χ0v) is 8.69. The first-order valence-electron chi connectivity index (χ1n) is 5.14. The van der Waals surface area contributed by atoms with Crippen molar-refractivity contribution in [3.63, 3.8) is 0 Å². The Morgan fingerprint density at radius 1 is 1.33 bits per heavy atom. The molecule has 0 spiro atoms. The van der Waals surface area contributed by atoms with E-state index < -0.39 is 0 Å². The fourth-order valence-electron chi connectivity index (χ4n) is 1.77. The van der Waals surface area contributed by atoms with Gasteiger partial charge in [0.15, 0.2) is 0 Å². The van der Waals surface area contributed by atoms with Gasteiger partial charge in [-0.15, -0.1) is 6.58 Å². The standard InChI is InChI=1S/C13H15NO/c1-2-3-7-14-8-6-12-9-11(10-15)4-5-13(12)14/h2,4-6,8-9,15H,1,3,7,10H2. The molecule has 0 fully saturated rings. The molecule has 0 aliphatic rings. The summed E-state index contributed by atoms with van der Waals surface area (Å²) in [6.45, 7) is 4.79. The first-order valence-corrected chi connectivity index (χ1v) is 5.14. The first kappa shape index (κ1) is 9.99. The molecule has 0 bridgehead atoms. The molecule has 2 rings (SSSR count). The highest BCUT2D eigenvalue weighted by Crippen LogP contribution is 2.18. The Morgan fingerprint density at radius 2 is 2.20 bits per heavy atom. The van der Waals surface area contributed by atoms with Crippen LogP contribution in [0.25, 0.3) is 10.9 Å². The Balaban J connectivity index is 2.38. The average molecular weight is 201 g/mol. The van der Waals surface area contributed by atoms with E-state index in [2.05, 4.69) is 29.5 Å². The van der Waals surface area contributed by atoms with Gasteiger partial charge in [-0.3, -0.25) is 0 Å². The number of aromatic nitrogens is 1. The van der Waals surface area contributed by atoms with Gasteiger partial charge < -0.3 is 9.67 Å². The fourth-order valence-corrected chi connectivity index (χ4v) is 1.77. The molecular formula is C13H15NO. The van der Waals surface area contributed by atoms with Gasteiger partial charge in [0.25, 0.3) is 0 Å². The molecule has 0 amide bonds. The molecule has 15 heavy (non-hydrogen) atoms. The second kappa shape index (κ2) is 4.32. The normalized spacial score (nSPS) is 10.7. The van der Waals surface area contributed by atoms with Crippen LogP contribution in [0.3, 0.4) is 0 Å². The van der Waals surface area contributed by atoms with Crippen LogP contribution >= 0.6 is 0 Å². The molecule has 78 valence electrons. The van der Waals surface area contributed by atoms with Crippen molar-refractivity contribution in [3.05, 3.63) is 48.7 Å². The maximum atomic E-state index is 9.03. The molecule has 2 heteroatoms. The molecule has 0 saturated carbocycles. The lowest BCUT2D eigenvalue weighted by Crippen LogP contribution is -1.94. The first-order chi connectivity index (χ1) is 7.35. The van der Waals surface area contributed by atoms with Crippen LogP contribution in [0.1, 0.15) is 12.0 Å². The summed E-state index contributed by atoms with van der Waals surface area (Å²) in [6.07, 6.45) is 4.98. The van der Waals surface area contributed by atoms with Crippen LogP contribution < -0.4 is 0 Å². The van der Waals surface area contributed by atoms with Crippen LogP contribution in [-0.2, 0) is 13.2 Å². The summed E-state index contributed by atoms with van der Waals surface area (Å²) < 4.78 is 2.21. The maximum Gasteiger partial charge on any atom is 0.0682 e. The number of hydrogen-bond acceptors (Lipinski definition) is 1. The van der Waals surface area contributed by atoms with Crippen molar-refractivity contribution in [2.45, 2.75) is 19.6 Å². The summed E-state index contributed by atoms with van der Waals surface area (Å²) in [7, 11) is 0. The Morgan fingerprint density at radius 3 is 2.93 bits per heavy atom. The van der Waals surface area contributed by atoms with Gasteiger partial charge in [-0.2, -0.15) is 0 Å². The molecule has 1 heterocycles. The summed E-state index contributed by atoms with van der Waals surface area (Å²) in [5.74, 6) is 0. The second-order valence-electron chi connectivity index (χ2n) is 3.64. The average Bonchev–Trinajstić information content (AvgIpc) is 2.68. The van der Waals surface area contributed by atoms with Crippen LogP contribution in [0.4, 0.5) is 0 Å². The molecular weight excluding hydrogens is 186 g/mol. The molecule has 0 aliphatic carbocycles. The fraction of sp³-hybridized carbons (Fsp3) is 0.231. The largest absolute Gasteiger partial charge is 0.392 e. The molecule has 0 atom stereocenters. The molecule has 2 nitrogen and oxygen atoms in total. The number of rotatable bonds is 4. The van der Waals surface area contributed by atoms with E-state index in [1.165, 1.54) is 10.9 Å². The predicted molar refractivity (Wildman–Crippen MR) is 62.7 cm³/mol. The van der Waals surface area contributed by atoms with Crippen LogP contribution in [0, 0.1) is 0 Å². The third kappa shape index (κ3) is 1.95. The second-order valence-corrected chi connectivity index (χ2v) is 3.64. The smallest absolute Gasteiger partial charge is 0.0682 e. The zero-order valence-electron chi connectivity index (χ0n) is 8.69. The highest BCUT2D eigenvalue weighted by atomic mass is 16.3. The number of nitrogens with zero attached hydrogens (tertiary/aromatic N) is 1. The number of aryl methyl sites for hydroxylation is 1. The van der Waals surface area contributed by atoms with E-state index in [0.29, 0.717) is 0 Å². The van der Waals surface area contributed by atoms with Crippen LogP contribution in [0.5, 0.6) is 0 Å². The third-order valence-electron chi connectivity index (χ3n) is 2.59. The summed E-state index contributed by atoms with van der Waals surface area (Å²) in [5, 5.41) is 10.2. The minimum atomic E-state index is 0.105. The van der Waals surface area contributed by atoms with Gasteiger partial charge in [0, 0.05) is 18.3 Å². The van der Waals surface area contributed by atoms with Crippen molar-refractivity contribution in [2.24, 2.45) is 0 Å². The van der Waals surface area contributed by atoms with E-state index >= 15 is 0 Å². The number of allylic oxidation sites excluding steroid dienone is 1. The summed E-state index contributed by atoms with van der Waals surface area (Å²) in [5.41, 5.74) is 2.18. The van der Waals surface area contributed by atoms with Gasteiger partial charge in [0.2, 0.25) is 0 Å². The van der Waals surface area contributed by atoms with Gasteiger partial charge in [-0.05, 0) is 35.6 Å². The molecule has 0 unspecified atom stereocenters. The third-order valence-corrected chi connectivity index (χ3v) is 2.59. The van der Waals surface area contributed by atoms with Gasteiger partial charge in [0.1, 0.15) is 0 Å². The Hall–Kier alpha value is -1.54. The maximum absolute atomic E-state index is 9.03. The Bertz CT molecular complexity index is 470. The minimum absolute atomic E-state index is 0.105. The number of aliphatic hydroxyl groups excluding tert-OH is 1. The van der Waals surface area contributed by atoms with Crippen LogP contribution in [-0.4, -0.2) is 9.67 Å². The van der Waals surface area contributed by atoms with Gasteiger partial charge in [0.05, 0.1) is 6.61 Å². The summed E-state index contributed by atoms with van der Waals surface area (Å²) in [6, 6.07) is 8.13. The molecule has 0 saturated heterocycles. The van der Waals surface area contributed by atoms with E-state index in [1.54, 1.807) is 0 Å². The van der Waals surface area contributed by atoms with Gasteiger partial charge in [-0.1, -0.05) is 12.1 Å². The highest BCUT2D eigenvalue weighted by Gasteiger charge is 2.00. The van der Waals surface area contributed by atoms with Crippen molar-refractivity contribution in [3.8, 4) is 0 Å². The Kier molecular flexibility index (Phi) is 2.88. The van der Waals surface area contributed by atoms with E-state index in [1.807, 2.05) is 18.2 Å². The molecule has 0 aliphatic heterocycles. The van der Waals surface area contributed by atoms with E-state index in [0.717, 1.165) is 18.5 Å². The SMILES string of the molecule is C=CCCn1ccc2cc(CO)ccc21. The van der Waals surface area contributed by atoms with Crippen molar-refractivity contribution < 1.29 is 5.11 Å². The Labute approximate surface area is 89.5 Å². The van der Waals surface area contributed by atoms with Crippen LogP contribution in [0.2, 0.25) is 0 Å². The van der Waals surface area contributed by atoms with Gasteiger partial charge in [-0.25, -0.2) is 0 Å². The highest BCUT2D eigenvalue weighted by molar-refractivity contribution is 5.80. The molecule has 2 aromatic rings. The minimum Gasteiger partial charge on any atom is -0.392 e. The molecule has 1 N–H and O–H groups in total. The lowest BCUT2D eigenvalue weighted by Gasteiger charge is -2.03. The van der Waals surface area contributed by atoms with E-state index in [9.17, 15) is 0 Å². The van der Waals surface area contributed by atoms with Crippen molar-refractivity contribution in [1.82, 2.24) is 4.57 Å². The molecule has 0 radical (unpaired) electrons. The van der Waals surface area contributed by atoms with Crippen LogP contribution in [0.15, 0.2) is 43.1 Å². The lowest BCUT2D eigenvalue weighted by atomic mass is 10.2. The van der Waals surface area contributed by atoms with Crippen molar-refractivity contribution in [2.75, 3.05) is 0 Å². The summed E-state index contributed by atoms with van der Waals surface area (Å²) >= 11 is 0. The number of fused-ring (bicyclic) bond motifs is 1. The summed E-state index contributed by atoms with van der Waals surface area (Å²) in [4.78, 5) is 0. The number of aliphatic hydroxyl groups is 1. The van der Waals surface area contributed by atoms with E-state index in [4.69, 9.17) is 5.11 Å². The number of benzene rings is 1. The zero-order chi connectivity index (χ0) is 10.7. The molecule has 1 aromatic carbocycles. The quantitative estimate of drug-likeness (QED) is 0.756. The van der Waals surface area contributed by atoms with Crippen molar-refractivity contribution >= 4 is 10.9 Å². The van der Waals surface area contributed by atoms with E-state index in [-0.39, 0.29) is 6.61 Å². The lowest BCUT2D eigenvalue weighted by molar-refractivity contribution is 0.282. The van der Waals surface area contributed by atoms with Crippen molar-refractivity contribution in [1.29, 1.82) is 0 Å². The topological polar surface area (TPSA) is 25.2 Å². The monoisotopic (exact) mass is 201 g/mol. The predicted octanol–water partition coefficient (Wildman–Crippen LogP) is 2.71.